The van der Waals surface area contributed by atoms with Crippen molar-refractivity contribution < 1.29 is 9.53 Å². The second-order valence-electron chi connectivity index (χ2n) is 6.80. The summed E-state index contributed by atoms with van der Waals surface area (Å²) < 4.78 is 5.68. The molecule has 23 heavy (non-hydrogen) atoms. The molecule has 2 fully saturated rings. The number of methoxy groups -OCH3 is 1. The maximum atomic E-state index is 12.8. The lowest BCUT2D eigenvalue weighted by Gasteiger charge is -2.49. The van der Waals surface area contributed by atoms with Gasteiger partial charge in [-0.1, -0.05) is 17.7 Å². The van der Waals surface area contributed by atoms with Crippen LogP contribution >= 0.6 is 0 Å². The van der Waals surface area contributed by atoms with E-state index in [1.807, 2.05) is 17.9 Å². The number of likely N-dealkylation sites (tertiary alicyclic amines) is 1. The van der Waals surface area contributed by atoms with Crippen LogP contribution in [0, 0.1) is 0 Å². The Labute approximate surface area is 140 Å². The molecule has 0 spiro atoms. The van der Waals surface area contributed by atoms with Gasteiger partial charge in [-0.3, -0.25) is 4.79 Å². The molecule has 128 valence electrons. The van der Waals surface area contributed by atoms with Crippen LogP contribution in [-0.4, -0.2) is 42.6 Å². The van der Waals surface area contributed by atoms with Gasteiger partial charge in [-0.05, 0) is 53.0 Å². The van der Waals surface area contributed by atoms with E-state index in [4.69, 9.17) is 4.74 Å². The number of carbonyl (C=O) groups excluding carboxylic acids is 1. The van der Waals surface area contributed by atoms with Gasteiger partial charge in [-0.25, -0.2) is 0 Å². The summed E-state index contributed by atoms with van der Waals surface area (Å²) in [6, 6.07) is 0.305. The predicted molar refractivity (Wildman–Crippen MR) is 94.0 cm³/mol. The Balaban J connectivity index is 2.50. The Morgan fingerprint density at radius 1 is 1.39 bits per heavy atom. The number of allylic oxidation sites excluding steroid dienone is 3. The number of piperazine rings is 1. The standard InChI is InChI=1S/C19H30N2O2/c1-7-21-18(14-9-8-10-15(20-14)19(21)22)17(13(4)5)16(23-6)11-12(2)3/h11,14-15,18,20H,2,7-10H2,1,3-6H3/b16-11+. The van der Waals surface area contributed by atoms with Crippen molar-refractivity contribution in [1.29, 1.82) is 0 Å². The highest BCUT2D eigenvalue weighted by atomic mass is 16.5. The number of hydrogen-bond donors (Lipinski definition) is 1. The van der Waals surface area contributed by atoms with Crippen LogP contribution < -0.4 is 5.32 Å². The molecule has 4 nitrogen and oxygen atoms in total. The highest BCUT2D eigenvalue weighted by Gasteiger charge is 2.45. The van der Waals surface area contributed by atoms with E-state index in [1.54, 1.807) is 7.11 Å². The number of nitrogens with zero attached hydrogens (tertiary/aromatic N) is 1. The monoisotopic (exact) mass is 318 g/mol. The fourth-order valence-electron chi connectivity index (χ4n) is 3.83. The topological polar surface area (TPSA) is 41.6 Å². The molecule has 3 unspecified atom stereocenters. The molecule has 2 aliphatic rings. The molecule has 3 atom stereocenters. The zero-order chi connectivity index (χ0) is 17.1. The molecular weight excluding hydrogens is 288 g/mol. The number of piperidine rings is 1. The molecular formula is C19H30N2O2. The minimum Gasteiger partial charge on any atom is -0.496 e. The smallest absolute Gasteiger partial charge is 0.240 e. The average Bonchev–Trinajstić information content (AvgIpc) is 2.51. The third kappa shape index (κ3) is 3.52. The van der Waals surface area contributed by atoms with Gasteiger partial charge >= 0.3 is 0 Å². The van der Waals surface area contributed by atoms with Crippen LogP contribution in [0.2, 0.25) is 0 Å². The Bertz CT molecular complexity index is 544. The van der Waals surface area contributed by atoms with Gasteiger partial charge in [0.1, 0.15) is 5.76 Å². The summed E-state index contributed by atoms with van der Waals surface area (Å²) in [7, 11) is 1.69. The van der Waals surface area contributed by atoms with E-state index in [0.29, 0.717) is 6.04 Å². The van der Waals surface area contributed by atoms with Crippen LogP contribution in [0.25, 0.3) is 0 Å². The number of carbonyl (C=O) groups is 1. The zero-order valence-electron chi connectivity index (χ0n) is 15.1. The number of amides is 1. The highest BCUT2D eigenvalue weighted by Crippen LogP contribution is 2.34. The van der Waals surface area contributed by atoms with Crippen molar-refractivity contribution in [3.05, 3.63) is 35.1 Å². The molecule has 4 heteroatoms. The van der Waals surface area contributed by atoms with E-state index in [-0.39, 0.29) is 18.0 Å². The molecule has 0 radical (unpaired) electrons. The second kappa shape index (κ2) is 7.35. The fourth-order valence-corrected chi connectivity index (χ4v) is 3.83. The molecule has 0 aromatic heterocycles. The predicted octanol–water partition coefficient (Wildman–Crippen LogP) is 3.17. The molecule has 2 aliphatic heterocycles. The van der Waals surface area contributed by atoms with Crippen molar-refractivity contribution in [1.82, 2.24) is 10.2 Å². The summed E-state index contributed by atoms with van der Waals surface area (Å²) in [5.74, 6) is 1.04. The first kappa shape index (κ1) is 17.8. The van der Waals surface area contributed by atoms with Gasteiger partial charge in [0, 0.05) is 18.2 Å². The molecule has 1 amide bonds. The van der Waals surface area contributed by atoms with Crippen LogP contribution in [0.4, 0.5) is 0 Å². The lowest BCUT2D eigenvalue weighted by molar-refractivity contribution is -0.141. The number of likely N-dealkylation sites (N-methyl/N-ethyl adjacent to an activating group) is 1. The highest BCUT2D eigenvalue weighted by molar-refractivity contribution is 5.84. The van der Waals surface area contributed by atoms with E-state index in [1.165, 1.54) is 5.57 Å². The lowest BCUT2D eigenvalue weighted by atomic mass is 9.82. The number of nitrogens with one attached hydrogen (secondary N) is 1. The van der Waals surface area contributed by atoms with E-state index >= 15 is 0 Å². The summed E-state index contributed by atoms with van der Waals surface area (Å²) in [5.41, 5.74) is 3.24. The molecule has 2 saturated heterocycles. The van der Waals surface area contributed by atoms with Gasteiger partial charge in [0.2, 0.25) is 5.91 Å². The summed E-state index contributed by atoms with van der Waals surface area (Å²) in [6.45, 7) is 12.9. The van der Waals surface area contributed by atoms with Crippen molar-refractivity contribution in [3.63, 3.8) is 0 Å². The van der Waals surface area contributed by atoms with Crippen LogP contribution in [0.15, 0.2) is 35.1 Å². The van der Waals surface area contributed by atoms with E-state index in [2.05, 4.69) is 32.7 Å². The minimum absolute atomic E-state index is 0.0144. The number of rotatable bonds is 5. The van der Waals surface area contributed by atoms with Crippen molar-refractivity contribution in [2.24, 2.45) is 0 Å². The first-order valence-electron chi connectivity index (χ1n) is 8.56. The molecule has 2 bridgehead atoms. The van der Waals surface area contributed by atoms with E-state index in [0.717, 1.165) is 42.7 Å². The quantitative estimate of drug-likeness (QED) is 0.625. The third-order valence-corrected chi connectivity index (χ3v) is 4.76. The van der Waals surface area contributed by atoms with Gasteiger partial charge in [0.15, 0.2) is 0 Å². The first-order chi connectivity index (χ1) is 10.9. The van der Waals surface area contributed by atoms with Crippen molar-refractivity contribution in [2.45, 2.75) is 65.1 Å². The lowest BCUT2D eigenvalue weighted by Crippen LogP contribution is -2.67. The van der Waals surface area contributed by atoms with Crippen LogP contribution in [-0.2, 0) is 9.53 Å². The van der Waals surface area contributed by atoms with Gasteiger partial charge in [-0.2, -0.15) is 0 Å². The van der Waals surface area contributed by atoms with Crippen LogP contribution in [0.3, 0.4) is 0 Å². The van der Waals surface area contributed by atoms with Crippen molar-refractivity contribution in [2.75, 3.05) is 13.7 Å². The third-order valence-electron chi connectivity index (χ3n) is 4.76. The molecule has 2 heterocycles. The van der Waals surface area contributed by atoms with Crippen LogP contribution in [0.5, 0.6) is 0 Å². The summed E-state index contributed by atoms with van der Waals surface area (Å²) in [4.78, 5) is 14.8. The summed E-state index contributed by atoms with van der Waals surface area (Å²) >= 11 is 0. The zero-order valence-corrected chi connectivity index (χ0v) is 15.1. The number of ether oxygens (including phenoxy) is 1. The minimum atomic E-state index is -0.0144. The van der Waals surface area contributed by atoms with Crippen LogP contribution in [0.1, 0.15) is 47.0 Å². The molecule has 0 saturated carbocycles. The largest absolute Gasteiger partial charge is 0.496 e. The Morgan fingerprint density at radius 2 is 2.09 bits per heavy atom. The van der Waals surface area contributed by atoms with E-state index < -0.39 is 0 Å². The van der Waals surface area contributed by atoms with Gasteiger partial charge in [0.25, 0.3) is 0 Å². The van der Waals surface area contributed by atoms with Crippen molar-refractivity contribution >= 4 is 5.91 Å². The van der Waals surface area contributed by atoms with Gasteiger partial charge in [0.05, 0.1) is 19.2 Å². The number of fused-ring (bicyclic) bond motifs is 2. The molecule has 0 aromatic rings. The molecule has 0 aromatic carbocycles. The van der Waals surface area contributed by atoms with Gasteiger partial charge in [-0.15, -0.1) is 0 Å². The molecule has 1 N–H and O–H groups in total. The van der Waals surface area contributed by atoms with Crippen molar-refractivity contribution in [3.8, 4) is 0 Å². The fraction of sp³-hybridized carbons (Fsp3) is 0.632. The van der Waals surface area contributed by atoms with E-state index in [9.17, 15) is 4.79 Å². The van der Waals surface area contributed by atoms with Gasteiger partial charge < -0.3 is 15.0 Å². The summed E-state index contributed by atoms with van der Waals surface area (Å²) in [5, 5.41) is 3.55. The second-order valence-corrected chi connectivity index (χ2v) is 6.80. The average molecular weight is 318 g/mol. The SMILES string of the molecule is C=C(C)/C=C(/OC)C(=C(C)C)C1C2CCCC(N2)C(=O)N1CC. The maximum absolute atomic E-state index is 12.8. The first-order valence-corrected chi connectivity index (χ1v) is 8.56. The summed E-state index contributed by atoms with van der Waals surface area (Å²) in [6.07, 6.45) is 5.10. The Morgan fingerprint density at radius 3 is 2.61 bits per heavy atom. The Hall–Kier alpha value is -1.55. The normalized spacial score (nSPS) is 27.7. The molecule has 2 rings (SSSR count). The number of hydrogen-bond acceptors (Lipinski definition) is 3. The molecule has 0 aliphatic carbocycles. The maximum Gasteiger partial charge on any atom is 0.240 e. The Kier molecular flexibility index (Phi) is 5.69.